The lowest BCUT2D eigenvalue weighted by Gasteiger charge is -2.04. The molecule has 94 valence electrons. The summed E-state index contributed by atoms with van der Waals surface area (Å²) in [5.74, 6) is 0.340. The van der Waals surface area contributed by atoms with E-state index in [2.05, 4.69) is 15.3 Å². The molecule has 1 amide bonds. The van der Waals surface area contributed by atoms with Gasteiger partial charge in [0.2, 0.25) is 11.8 Å². The number of pyridine rings is 1. The molecule has 0 radical (unpaired) electrons. The number of anilines is 2. The molecule has 2 heterocycles. The maximum atomic E-state index is 11.7. The fourth-order valence-electron chi connectivity index (χ4n) is 1.35. The topological polar surface area (TPSA) is 90.1 Å². The Morgan fingerprint density at radius 1 is 1.56 bits per heavy atom. The zero-order valence-electron chi connectivity index (χ0n) is 9.71. The Morgan fingerprint density at radius 3 is 2.94 bits per heavy atom. The van der Waals surface area contributed by atoms with E-state index >= 15 is 0 Å². The number of thiazole rings is 1. The zero-order chi connectivity index (χ0) is 13.0. The molecule has 0 aromatic carbocycles. The first-order valence-corrected chi connectivity index (χ1v) is 6.05. The molecule has 0 spiro atoms. The van der Waals surface area contributed by atoms with Crippen LogP contribution in [0.2, 0.25) is 0 Å². The van der Waals surface area contributed by atoms with Gasteiger partial charge in [-0.25, -0.2) is 9.97 Å². The van der Waals surface area contributed by atoms with Gasteiger partial charge in [-0.2, -0.15) is 0 Å². The fraction of sp³-hybridized carbons (Fsp3) is 0.182. The summed E-state index contributed by atoms with van der Waals surface area (Å²) in [5, 5.41) is 4.94. The standard InChI is InChI=1S/C11H12N4O2S/c1-17-10-3-2-7(5-13-10)14-9(16)4-8-6-18-11(12)15-8/h2-3,5-6H,4H2,1H3,(H2,12,15)(H,14,16). The molecule has 7 heteroatoms. The molecule has 0 unspecified atom stereocenters. The van der Waals surface area contributed by atoms with E-state index in [0.29, 0.717) is 22.4 Å². The third-order valence-electron chi connectivity index (χ3n) is 2.14. The second kappa shape index (κ2) is 5.46. The summed E-state index contributed by atoms with van der Waals surface area (Å²) in [6.45, 7) is 0. The van der Waals surface area contributed by atoms with E-state index in [4.69, 9.17) is 10.5 Å². The van der Waals surface area contributed by atoms with E-state index in [9.17, 15) is 4.79 Å². The van der Waals surface area contributed by atoms with Crippen LogP contribution in [-0.4, -0.2) is 23.0 Å². The van der Waals surface area contributed by atoms with E-state index < -0.39 is 0 Å². The first kappa shape index (κ1) is 12.3. The molecular weight excluding hydrogens is 252 g/mol. The molecule has 2 aromatic rings. The Bertz CT molecular complexity index is 538. The number of nitrogens with zero attached hydrogens (tertiary/aromatic N) is 2. The van der Waals surface area contributed by atoms with Crippen molar-refractivity contribution in [1.82, 2.24) is 9.97 Å². The number of methoxy groups -OCH3 is 1. The molecule has 0 atom stereocenters. The van der Waals surface area contributed by atoms with Gasteiger partial charge in [0.05, 0.1) is 31.1 Å². The zero-order valence-corrected chi connectivity index (χ0v) is 10.5. The minimum absolute atomic E-state index is 0.160. The normalized spacial score (nSPS) is 10.1. The summed E-state index contributed by atoms with van der Waals surface area (Å²) in [5.41, 5.74) is 6.77. The molecule has 2 rings (SSSR count). The molecule has 0 aliphatic heterocycles. The van der Waals surface area contributed by atoms with Crippen molar-refractivity contribution in [1.29, 1.82) is 0 Å². The highest BCUT2D eigenvalue weighted by atomic mass is 32.1. The van der Waals surface area contributed by atoms with Crippen LogP contribution in [0.15, 0.2) is 23.7 Å². The third-order valence-corrected chi connectivity index (χ3v) is 2.86. The molecule has 0 aliphatic rings. The summed E-state index contributed by atoms with van der Waals surface area (Å²) in [6, 6.07) is 3.40. The maximum absolute atomic E-state index is 11.7. The number of nitrogens with two attached hydrogens (primary N) is 1. The highest BCUT2D eigenvalue weighted by molar-refractivity contribution is 7.13. The number of aromatic nitrogens is 2. The van der Waals surface area contributed by atoms with Crippen LogP contribution in [0.3, 0.4) is 0 Å². The number of carbonyl (C=O) groups excluding carboxylic acids is 1. The van der Waals surface area contributed by atoms with Gasteiger partial charge in [0.15, 0.2) is 5.13 Å². The predicted molar refractivity (Wildman–Crippen MR) is 69.6 cm³/mol. The van der Waals surface area contributed by atoms with Crippen LogP contribution < -0.4 is 15.8 Å². The van der Waals surface area contributed by atoms with Crippen LogP contribution in [0.25, 0.3) is 0 Å². The van der Waals surface area contributed by atoms with Crippen LogP contribution in [0, 0.1) is 0 Å². The number of amides is 1. The molecule has 6 nitrogen and oxygen atoms in total. The number of rotatable bonds is 4. The third kappa shape index (κ3) is 3.17. The quantitative estimate of drug-likeness (QED) is 0.869. The van der Waals surface area contributed by atoms with Crippen molar-refractivity contribution in [2.75, 3.05) is 18.2 Å². The lowest BCUT2D eigenvalue weighted by Crippen LogP contribution is -2.14. The molecular formula is C11H12N4O2S. The van der Waals surface area contributed by atoms with Crippen molar-refractivity contribution in [3.63, 3.8) is 0 Å². The first-order chi connectivity index (χ1) is 8.67. The van der Waals surface area contributed by atoms with Gasteiger partial charge in [0, 0.05) is 11.4 Å². The minimum Gasteiger partial charge on any atom is -0.481 e. The van der Waals surface area contributed by atoms with Crippen molar-refractivity contribution >= 4 is 28.1 Å². The van der Waals surface area contributed by atoms with Crippen molar-refractivity contribution in [3.8, 4) is 5.88 Å². The molecule has 18 heavy (non-hydrogen) atoms. The summed E-state index contributed by atoms with van der Waals surface area (Å²) < 4.78 is 4.93. The van der Waals surface area contributed by atoms with Gasteiger partial charge in [0.1, 0.15) is 0 Å². The Hall–Kier alpha value is -2.15. The lowest BCUT2D eigenvalue weighted by atomic mass is 10.3. The number of ether oxygens (including phenoxy) is 1. The number of hydrogen-bond acceptors (Lipinski definition) is 6. The van der Waals surface area contributed by atoms with E-state index in [1.165, 1.54) is 24.6 Å². The molecule has 0 saturated heterocycles. The predicted octanol–water partition coefficient (Wildman–Crippen LogP) is 1.31. The van der Waals surface area contributed by atoms with Crippen LogP contribution in [0.5, 0.6) is 5.88 Å². The van der Waals surface area contributed by atoms with E-state index in [-0.39, 0.29) is 12.3 Å². The molecule has 0 bridgehead atoms. The smallest absolute Gasteiger partial charge is 0.230 e. The van der Waals surface area contributed by atoms with E-state index in [1.54, 1.807) is 17.5 Å². The van der Waals surface area contributed by atoms with Gasteiger partial charge in [-0.1, -0.05) is 0 Å². The Balaban J connectivity index is 1.94. The van der Waals surface area contributed by atoms with Gasteiger partial charge in [-0.15, -0.1) is 11.3 Å². The van der Waals surface area contributed by atoms with Crippen LogP contribution >= 0.6 is 11.3 Å². The van der Waals surface area contributed by atoms with Crippen LogP contribution in [-0.2, 0) is 11.2 Å². The lowest BCUT2D eigenvalue weighted by molar-refractivity contribution is -0.115. The van der Waals surface area contributed by atoms with Gasteiger partial charge in [0.25, 0.3) is 0 Å². The average molecular weight is 264 g/mol. The van der Waals surface area contributed by atoms with Gasteiger partial charge in [-0.05, 0) is 6.07 Å². The first-order valence-electron chi connectivity index (χ1n) is 5.17. The monoisotopic (exact) mass is 264 g/mol. The Morgan fingerprint density at radius 2 is 2.39 bits per heavy atom. The highest BCUT2D eigenvalue weighted by Crippen LogP contribution is 2.13. The molecule has 0 fully saturated rings. The number of nitrogen functional groups attached to an aromatic ring is 1. The summed E-state index contributed by atoms with van der Waals surface area (Å²) >= 11 is 1.32. The Labute approximate surface area is 108 Å². The Kier molecular flexibility index (Phi) is 3.73. The summed E-state index contributed by atoms with van der Waals surface area (Å²) in [6.07, 6.45) is 1.73. The van der Waals surface area contributed by atoms with Gasteiger partial charge < -0.3 is 15.8 Å². The van der Waals surface area contributed by atoms with Crippen molar-refractivity contribution in [2.45, 2.75) is 6.42 Å². The number of carbonyl (C=O) groups is 1. The van der Waals surface area contributed by atoms with Crippen molar-refractivity contribution < 1.29 is 9.53 Å². The molecule has 0 aliphatic carbocycles. The average Bonchev–Trinajstić information content (AvgIpc) is 2.75. The molecule has 3 N–H and O–H groups in total. The van der Waals surface area contributed by atoms with Gasteiger partial charge in [-0.3, -0.25) is 4.79 Å². The largest absolute Gasteiger partial charge is 0.481 e. The summed E-state index contributed by atoms with van der Waals surface area (Å²) in [4.78, 5) is 19.7. The van der Waals surface area contributed by atoms with Crippen LogP contribution in [0.1, 0.15) is 5.69 Å². The molecule has 2 aromatic heterocycles. The number of nitrogens with one attached hydrogen (secondary N) is 1. The second-order valence-electron chi connectivity index (χ2n) is 3.49. The van der Waals surface area contributed by atoms with Crippen molar-refractivity contribution in [2.24, 2.45) is 0 Å². The molecule has 0 saturated carbocycles. The SMILES string of the molecule is COc1ccc(NC(=O)Cc2csc(N)n2)cn1. The minimum atomic E-state index is -0.160. The van der Waals surface area contributed by atoms with Crippen molar-refractivity contribution in [3.05, 3.63) is 29.4 Å². The fourth-order valence-corrected chi connectivity index (χ4v) is 1.91. The summed E-state index contributed by atoms with van der Waals surface area (Å²) in [7, 11) is 1.53. The van der Waals surface area contributed by atoms with E-state index in [1.807, 2.05) is 0 Å². The maximum Gasteiger partial charge on any atom is 0.230 e. The second-order valence-corrected chi connectivity index (χ2v) is 4.38. The number of hydrogen-bond donors (Lipinski definition) is 2. The highest BCUT2D eigenvalue weighted by Gasteiger charge is 2.07. The van der Waals surface area contributed by atoms with E-state index in [0.717, 1.165) is 0 Å². The van der Waals surface area contributed by atoms with Gasteiger partial charge >= 0.3 is 0 Å². The van der Waals surface area contributed by atoms with Crippen LogP contribution in [0.4, 0.5) is 10.8 Å².